The fourth-order valence-corrected chi connectivity index (χ4v) is 1.52. The van der Waals surface area contributed by atoms with E-state index in [1.54, 1.807) is 18.2 Å². The molecule has 2 unspecified atom stereocenters. The summed E-state index contributed by atoms with van der Waals surface area (Å²) in [6, 6.07) is 6.62. The van der Waals surface area contributed by atoms with Crippen molar-refractivity contribution in [3.63, 3.8) is 0 Å². The van der Waals surface area contributed by atoms with E-state index in [0.717, 1.165) is 0 Å². The molecular weight excluding hydrogens is 191 g/mol. The molecule has 0 saturated heterocycles. The molecule has 0 heterocycles. The van der Waals surface area contributed by atoms with E-state index in [-0.39, 0.29) is 11.7 Å². The Morgan fingerprint density at radius 3 is 2.33 bits per heavy atom. The van der Waals surface area contributed by atoms with Crippen molar-refractivity contribution in [2.75, 3.05) is 0 Å². The molecule has 0 radical (unpaired) electrons. The number of hydrogen-bond acceptors (Lipinski definition) is 1. The van der Waals surface area contributed by atoms with Gasteiger partial charge in [-0.1, -0.05) is 39.0 Å². The van der Waals surface area contributed by atoms with Gasteiger partial charge in [0.05, 0.1) is 6.10 Å². The summed E-state index contributed by atoms with van der Waals surface area (Å²) in [5.74, 6) is 0.365. The molecule has 0 aliphatic carbocycles. The minimum Gasteiger partial charge on any atom is -0.392 e. The Balaban J connectivity index is 2.66. The van der Waals surface area contributed by atoms with Gasteiger partial charge >= 0.3 is 0 Å². The van der Waals surface area contributed by atoms with E-state index in [9.17, 15) is 9.50 Å². The van der Waals surface area contributed by atoms with Crippen molar-refractivity contribution in [1.29, 1.82) is 0 Å². The minimum atomic E-state index is -0.470. The maximum absolute atomic E-state index is 13.3. The summed E-state index contributed by atoms with van der Waals surface area (Å²) in [5.41, 5.74) is 0.595. The third kappa shape index (κ3) is 3.31. The monoisotopic (exact) mass is 210 g/mol. The molecule has 0 aliphatic rings. The van der Waals surface area contributed by atoms with E-state index < -0.39 is 6.10 Å². The Bertz CT molecular complexity index is 309. The highest BCUT2D eigenvalue weighted by Crippen LogP contribution is 2.19. The Morgan fingerprint density at radius 1 is 1.20 bits per heavy atom. The number of aliphatic hydroxyl groups is 1. The standard InChI is InChI=1S/C13H19FO/c1-9(2)10(3)13(15)8-11-6-4-5-7-12(11)14/h4-7,9-10,13,15H,8H2,1-3H3. The molecule has 0 spiro atoms. The first kappa shape index (κ1) is 12.2. The van der Waals surface area contributed by atoms with Gasteiger partial charge in [0.1, 0.15) is 5.82 Å². The van der Waals surface area contributed by atoms with E-state index in [1.807, 2.05) is 6.92 Å². The third-order valence-electron chi connectivity index (χ3n) is 3.05. The van der Waals surface area contributed by atoms with Gasteiger partial charge in [-0.25, -0.2) is 4.39 Å². The van der Waals surface area contributed by atoms with Crippen molar-refractivity contribution in [1.82, 2.24) is 0 Å². The zero-order chi connectivity index (χ0) is 11.4. The number of halogens is 1. The molecule has 1 rings (SSSR count). The molecule has 2 atom stereocenters. The normalized spacial score (nSPS) is 15.3. The van der Waals surface area contributed by atoms with Crippen LogP contribution < -0.4 is 0 Å². The van der Waals surface area contributed by atoms with Gasteiger partial charge in [-0.15, -0.1) is 0 Å². The molecule has 0 bridgehead atoms. The SMILES string of the molecule is CC(C)C(C)C(O)Cc1ccccc1F. The highest BCUT2D eigenvalue weighted by molar-refractivity contribution is 5.18. The molecule has 1 nitrogen and oxygen atoms in total. The van der Waals surface area contributed by atoms with Gasteiger partial charge < -0.3 is 5.11 Å². The molecule has 84 valence electrons. The maximum atomic E-state index is 13.3. The zero-order valence-corrected chi connectivity index (χ0v) is 9.57. The summed E-state index contributed by atoms with van der Waals surface area (Å²) in [6.45, 7) is 6.13. The summed E-state index contributed by atoms with van der Waals surface area (Å²) in [7, 11) is 0. The highest BCUT2D eigenvalue weighted by Gasteiger charge is 2.18. The zero-order valence-electron chi connectivity index (χ0n) is 9.57. The number of benzene rings is 1. The predicted octanol–water partition coefficient (Wildman–Crippen LogP) is 3.02. The fraction of sp³-hybridized carbons (Fsp3) is 0.538. The second-order valence-corrected chi connectivity index (χ2v) is 4.47. The van der Waals surface area contributed by atoms with Crippen LogP contribution in [0.15, 0.2) is 24.3 Å². The lowest BCUT2D eigenvalue weighted by Gasteiger charge is -2.22. The van der Waals surface area contributed by atoms with E-state index in [2.05, 4.69) is 13.8 Å². The molecule has 0 fully saturated rings. The predicted molar refractivity (Wildman–Crippen MR) is 60.1 cm³/mol. The lowest BCUT2D eigenvalue weighted by molar-refractivity contribution is 0.0913. The molecule has 15 heavy (non-hydrogen) atoms. The topological polar surface area (TPSA) is 20.2 Å². The summed E-state index contributed by atoms with van der Waals surface area (Å²) in [6.07, 6.45) is -0.0756. The van der Waals surface area contributed by atoms with Crippen molar-refractivity contribution in [3.8, 4) is 0 Å². The van der Waals surface area contributed by atoms with Crippen LogP contribution in [-0.2, 0) is 6.42 Å². The van der Waals surface area contributed by atoms with Crippen LogP contribution in [0.3, 0.4) is 0 Å². The summed E-state index contributed by atoms with van der Waals surface area (Å²) >= 11 is 0. The molecule has 0 aromatic heterocycles. The smallest absolute Gasteiger partial charge is 0.126 e. The van der Waals surface area contributed by atoms with Gasteiger partial charge in [0.25, 0.3) is 0 Å². The first-order chi connectivity index (χ1) is 7.02. The summed E-state index contributed by atoms with van der Waals surface area (Å²) < 4.78 is 13.3. The van der Waals surface area contributed by atoms with Crippen molar-refractivity contribution >= 4 is 0 Å². The molecular formula is C13H19FO. The molecule has 1 aromatic carbocycles. The Morgan fingerprint density at radius 2 is 1.80 bits per heavy atom. The van der Waals surface area contributed by atoms with Gasteiger partial charge in [0, 0.05) is 6.42 Å². The van der Waals surface area contributed by atoms with Crippen LogP contribution in [0.25, 0.3) is 0 Å². The Kier molecular flexibility index (Phi) is 4.28. The van der Waals surface area contributed by atoms with Crippen LogP contribution in [-0.4, -0.2) is 11.2 Å². The van der Waals surface area contributed by atoms with Crippen LogP contribution in [0, 0.1) is 17.7 Å². The minimum absolute atomic E-state index is 0.185. The molecule has 0 amide bonds. The van der Waals surface area contributed by atoms with Gasteiger partial charge in [0.15, 0.2) is 0 Å². The first-order valence-electron chi connectivity index (χ1n) is 5.44. The molecule has 1 N–H and O–H groups in total. The Labute approximate surface area is 90.9 Å². The van der Waals surface area contributed by atoms with Crippen LogP contribution in [0.2, 0.25) is 0 Å². The van der Waals surface area contributed by atoms with Gasteiger partial charge in [-0.05, 0) is 23.5 Å². The third-order valence-corrected chi connectivity index (χ3v) is 3.05. The van der Waals surface area contributed by atoms with Gasteiger partial charge in [-0.3, -0.25) is 0 Å². The summed E-state index contributed by atoms with van der Waals surface area (Å²) in [5, 5.41) is 9.90. The second-order valence-electron chi connectivity index (χ2n) is 4.47. The van der Waals surface area contributed by atoms with Gasteiger partial charge in [-0.2, -0.15) is 0 Å². The van der Waals surface area contributed by atoms with Gasteiger partial charge in [0.2, 0.25) is 0 Å². The van der Waals surface area contributed by atoms with E-state index in [4.69, 9.17) is 0 Å². The van der Waals surface area contributed by atoms with Crippen LogP contribution >= 0.6 is 0 Å². The summed E-state index contributed by atoms with van der Waals surface area (Å²) in [4.78, 5) is 0. The van der Waals surface area contributed by atoms with Crippen LogP contribution in [0.1, 0.15) is 26.3 Å². The number of aliphatic hydroxyl groups excluding tert-OH is 1. The lowest BCUT2D eigenvalue weighted by atomic mass is 9.89. The van der Waals surface area contributed by atoms with Crippen molar-refractivity contribution in [2.24, 2.45) is 11.8 Å². The van der Waals surface area contributed by atoms with Crippen molar-refractivity contribution in [2.45, 2.75) is 33.3 Å². The second kappa shape index (κ2) is 5.26. The first-order valence-corrected chi connectivity index (χ1v) is 5.44. The average molecular weight is 210 g/mol. The largest absolute Gasteiger partial charge is 0.392 e. The molecule has 0 aliphatic heterocycles. The Hall–Kier alpha value is -0.890. The van der Waals surface area contributed by atoms with Crippen LogP contribution in [0.4, 0.5) is 4.39 Å². The fourth-order valence-electron chi connectivity index (χ4n) is 1.52. The van der Waals surface area contributed by atoms with E-state index >= 15 is 0 Å². The molecule has 1 aromatic rings. The molecule has 0 saturated carbocycles. The van der Waals surface area contributed by atoms with Crippen molar-refractivity contribution in [3.05, 3.63) is 35.6 Å². The van der Waals surface area contributed by atoms with E-state index in [1.165, 1.54) is 6.07 Å². The average Bonchev–Trinajstić information content (AvgIpc) is 2.20. The number of hydrogen-bond donors (Lipinski definition) is 1. The molecule has 2 heteroatoms. The quantitative estimate of drug-likeness (QED) is 0.810. The van der Waals surface area contributed by atoms with Crippen LogP contribution in [0.5, 0.6) is 0 Å². The lowest BCUT2D eigenvalue weighted by Crippen LogP contribution is -2.24. The highest BCUT2D eigenvalue weighted by atomic mass is 19.1. The maximum Gasteiger partial charge on any atom is 0.126 e. The van der Waals surface area contributed by atoms with Crippen molar-refractivity contribution < 1.29 is 9.50 Å². The number of rotatable bonds is 4. The van der Waals surface area contributed by atoms with E-state index in [0.29, 0.717) is 17.9 Å².